The first kappa shape index (κ1) is 38.9. The summed E-state index contributed by atoms with van der Waals surface area (Å²) < 4.78 is 2.60. The van der Waals surface area contributed by atoms with Crippen LogP contribution in [0.1, 0.15) is 28.2 Å². The minimum Gasteiger partial charge on any atom is -0.333 e. The van der Waals surface area contributed by atoms with E-state index in [2.05, 4.69) is 253 Å². The Morgan fingerprint density at radius 3 is 1.91 bits per heavy atom. The van der Waals surface area contributed by atoms with Gasteiger partial charge in [-0.1, -0.05) is 158 Å². The molecule has 0 amide bonds. The summed E-state index contributed by atoms with van der Waals surface area (Å²) in [5.41, 5.74) is 18.5. The SMILES string of the molecule is Cc1ccccc1-c1ccccc1Cc1cccc(-c2cc(-c3ccc4sc5ccc(N6c7ccccc7C7C=CC=CC76)cc5c4c3)cc(N(c3ccccc3)c3ccccc3)c2)c1. The molecule has 2 unspecified atom stereocenters. The highest BCUT2D eigenvalue weighted by molar-refractivity contribution is 7.25. The van der Waals surface area contributed by atoms with Crippen molar-refractivity contribution in [3.8, 4) is 33.4 Å². The molecular formula is C62H46N2S. The molecule has 310 valence electrons. The Labute approximate surface area is 385 Å². The molecule has 2 aliphatic rings. The number of hydrogen-bond donors (Lipinski definition) is 0. The molecule has 0 radical (unpaired) electrons. The Morgan fingerprint density at radius 1 is 0.477 bits per heavy atom. The number of allylic oxidation sites excluding steroid dienone is 2. The maximum atomic E-state index is 2.54. The van der Waals surface area contributed by atoms with Gasteiger partial charge in [-0.2, -0.15) is 0 Å². The zero-order valence-corrected chi connectivity index (χ0v) is 37.0. The molecule has 1 aliphatic carbocycles. The smallest absolute Gasteiger partial charge is 0.0629 e. The summed E-state index contributed by atoms with van der Waals surface area (Å²) in [4.78, 5) is 4.93. The molecule has 2 nitrogen and oxygen atoms in total. The van der Waals surface area contributed by atoms with E-state index in [1.54, 1.807) is 0 Å². The number of nitrogens with zero attached hydrogens (tertiary/aromatic N) is 2. The number of aryl methyl sites for hydroxylation is 1. The van der Waals surface area contributed by atoms with Crippen LogP contribution in [0.4, 0.5) is 28.4 Å². The first-order valence-electron chi connectivity index (χ1n) is 22.6. The van der Waals surface area contributed by atoms with Gasteiger partial charge in [-0.3, -0.25) is 0 Å². The first-order chi connectivity index (χ1) is 32.1. The molecule has 1 aromatic heterocycles. The van der Waals surface area contributed by atoms with Gasteiger partial charge >= 0.3 is 0 Å². The lowest BCUT2D eigenvalue weighted by molar-refractivity contribution is 0.745. The topological polar surface area (TPSA) is 6.48 Å². The third-order valence-electron chi connectivity index (χ3n) is 13.3. The van der Waals surface area contributed by atoms with Crippen molar-refractivity contribution in [2.24, 2.45) is 0 Å². The van der Waals surface area contributed by atoms with E-state index in [0.717, 1.165) is 23.5 Å². The van der Waals surface area contributed by atoms with Gasteiger partial charge in [0.2, 0.25) is 0 Å². The summed E-state index contributed by atoms with van der Waals surface area (Å²) >= 11 is 1.88. The number of rotatable bonds is 9. The zero-order chi connectivity index (χ0) is 43.3. The highest BCUT2D eigenvalue weighted by atomic mass is 32.1. The van der Waals surface area contributed by atoms with E-state index in [9.17, 15) is 0 Å². The third kappa shape index (κ3) is 7.15. The Balaban J connectivity index is 0.991. The van der Waals surface area contributed by atoms with Crippen LogP contribution >= 0.6 is 11.3 Å². The minimum atomic E-state index is 0.259. The predicted octanol–water partition coefficient (Wildman–Crippen LogP) is 17.2. The number of thiophene rings is 1. The second-order valence-corrected chi connectivity index (χ2v) is 18.4. The average Bonchev–Trinajstić information content (AvgIpc) is 3.90. The molecule has 12 rings (SSSR count). The van der Waals surface area contributed by atoms with Crippen molar-refractivity contribution in [2.45, 2.75) is 25.3 Å². The van der Waals surface area contributed by atoms with E-state index in [1.165, 1.54) is 87.2 Å². The lowest BCUT2D eigenvalue weighted by atomic mass is 9.91. The zero-order valence-electron chi connectivity index (χ0n) is 36.2. The van der Waals surface area contributed by atoms with Crippen LogP contribution in [0.25, 0.3) is 53.6 Å². The van der Waals surface area contributed by atoms with Crippen LogP contribution in [0.2, 0.25) is 0 Å². The number of benzene rings is 9. The van der Waals surface area contributed by atoms with Crippen LogP contribution in [0.15, 0.2) is 237 Å². The molecule has 0 saturated carbocycles. The predicted molar refractivity (Wildman–Crippen MR) is 278 cm³/mol. The summed E-state index contributed by atoms with van der Waals surface area (Å²) in [5, 5.41) is 2.59. The Bertz CT molecular complexity index is 3410. The summed E-state index contributed by atoms with van der Waals surface area (Å²) in [6, 6.07) is 78.7. The van der Waals surface area contributed by atoms with Gasteiger partial charge in [0.05, 0.1) is 6.04 Å². The molecule has 9 aromatic carbocycles. The fourth-order valence-corrected chi connectivity index (χ4v) is 11.3. The summed E-state index contributed by atoms with van der Waals surface area (Å²) in [5.74, 6) is 0.348. The van der Waals surface area contributed by atoms with Crippen LogP contribution in [-0.2, 0) is 6.42 Å². The number of para-hydroxylation sites is 3. The summed E-state index contributed by atoms with van der Waals surface area (Å²) in [6.07, 6.45) is 9.95. The number of anilines is 5. The molecule has 2 atom stereocenters. The van der Waals surface area contributed by atoms with Gasteiger partial charge in [0.15, 0.2) is 0 Å². The Kier molecular flexibility index (Phi) is 9.84. The average molecular weight is 851 g/mol. The number of fused-ring (bicyclic) bond motifs is 6. The molecule has 3 heteroatoms. The Morgan fingerprint density at radius 2 is 1.12 bits per heavy atom. The molecular weight excluding hydrogens is 805 g/mol. The van der Waals surface area contributed by atoms with E-state index in [-0.39, 0.29) is 6.04 Å². The van der Waals surface area contributed by atoms with Crippen LogP contribution in [-0.4, -0.2) is 6.04 Å². The van der Waals surface area contributed by atoms with Gasteiger partial charge in [0, 0.05) is 54.5 Å². The fourth-order valence-electron chi connectivity index (χ4n) is 10.3. The summed E-state index contributed by atoms with van der Waals surface area (Å²) in [7, 11) is 0. The third-order valence-corrected chi connectivity index (χ3v) is 14.5. The standard InChI is InChI=1S/C62H46N2S/c1-42-17-8-10-25-53(42)54-26-11-9-19-46(54)36-43-18-16-20-44(35-43)47-37-48(39-52(38-47)63(49-21-4-2-5-22-49)50-23-6-3-7-24-50)45-31-33-61-57(40-45)58-41-51(32-34-62(58)65-61)64-59-29-14-12-27-55(59)56-28-13-15-30-60(56)64/h2-35,37-41,55,59H,36H2,1H3. The molecule has 0 spiro atoms. The van der Waals surface area contributed by atoms with Crippen LogP contribution in [0, 0.1) is 6.92 Å². The largest absolute Gasteiger partial charge is 0.333 e. The van der Waals surface area contributed by atoms with Crippen molar-refractivity contribution in [3.63, 3.8) is 0 Å². The Hall–Kier alpha value is -7.72. The van der Waals surface area contributed by atoms with Gasteiger partial charge in [-0.05, 0) is 148 Å². The van der Waals surface area contributed by atoms with Gasteiger partial charge in [-0.15, -0.1) is 11.3 Å². The van der Waals surface area contributed by atoms with Crippen molar-refractivity contribution in [1.82, 2.24) is 0 Å². The van der Waals surface area contributed by atoms with Crippen LogP contribution in [0.5, 0.6) is 0 Å². The molecule has 0 bridgehead atoms. The van der Waals surface area contributed by atoms with E-state index >= 15 is 0 Å². The second-order valence-electron chi connectivity index (χ2n) is 17.3. The molecule has 65 heavy (non-hydrogen) atoms. The first-order valence-corrected chi connectivity index (χ1v) is 23.4. The minimum absolute atomic E-state index is 0.259. The molecule has 2 heterocycles. The lowest BCUT2D eigenvalue weighted by Crippen LogP contribution is -2.28. The lowest BCUT2D eigenvalue weighted by Gasteiger charge is -2.28. The van der Waals surface area contributed by atoms with E-state index in [4.69, 9.17) is 0 Å². The van der Waals surface area contributed by atoms with E-state index in [1.807, 2.05) is 11.3 Å². The van der Waals surface area contributed by atoms with Crippen molar-refractivity contribution >= 4 is 59.9 Å². The molecule has 0 fully saturated rings. The quantitative estimate of drug-likeness (QED) is 0.143. The van der Waals surface area contributed by atoms with E-state index < -0.39 is 0 Å². The van der Waals surface area contributed by atoms with E-state index in [0.29, 0.717) is 5.92 Å². The molecule has 0 N–H and O–H groups in total. The van der Waals surface area contributed by atoms with Crippen LogP contribution in [0.3, 0.4) is 0 Å². The maximum absolute atomic E-state index is 2.54. The molecule has 0 saturated heterocycles. The van der Waals surface area contributed by atoms with Gasteiger partial charge in [-0.25, -0.2) is 0 Å². The molecule has 1 aliphatic heterocycles. The number of hydrogen-bond acceptors (Lipinski definition) is 3. The summed E-state index contributed by atoms with van der Waals surface area (Å²) in [6.45, 7) is 2.20. The monoisotopic (exact) mass is 850 g/mol. The van der Waals surface area contributed by atoms with Crippen molar-refractivity contribution < 1.29 is 0 Å². The highest BCUT2D eigenvalue weighted by Gasteiger charge is 2.37. The maximum Gasteiger partial charge on any atom is 0.0629 e. The molecule has 10 aromatic rings. The van der Waals surface area contributed by atoms with Gasteiger partial charge < -0.3 is 9.80 Å². The normalized spacial score (nSPS) is 15.1. The van der Waals surface area contributed by atoms with Gasteiger partial charge in [0.25, 0.3) is 0 Å². The van der Waals surface area contributed by atoms with Crippen molar-refractivity contribution in [3.05, 3.63) is 259 Å². The van der Waals surface area contributed by atoms with Gasteiger partial charge in [0.1, 0.15) is 0 Å². The van der Waals surface area contributed by atoms with Crippen molar-refractivity contribution in [2.75, 3.05) is 9.80 Å². The van der Waals surface area contributed by atoms with Crippen LogP contribution < -0.4 is 9.80 Å². The fraction of sp³-hybridized carbons (Fsp3) is 0.0645. The second kappa shape index (κ2) is 16.4. The van der Waals surface area contributed by atoms with Crippen molar-refractivity contribution in [1.29, 1.82) is 0 Å². The highest BCUT2D eigenvalue weighted by Crippen LogP contribution is 2.49.